The first-order valence-electron chi connectivity index (χ1n) is 4.42. The summed E-state index contributed by atoms with van der Waals surface area (Å²) in [5.41, 5.74) is 0. The standard InChI is InChI=1S/C9H11O3P.CH4O/c10-7-4-8-13(11,12)9-5-2-1-3-6-9;1-2/h1-3,5-7H,4,8H2,(H,11,12);2H,1H3. The van der Waals surface area contributed by atoms with Gasteiger partial charge in [-0.1, -0.05) is 18.2 Å². The second-order valence-corrected chi connectivity index (χ2v) is 5.08. The molecule has 4 nitrogen and oxygen atoms in total. The fourth-order valence-electron chi connectivity index (χ4n) is 1.02. The van der Waals surface area contributed by atoms with Gasteiger partial charge in [0.1, 0.15) is 6.29 Å². The Labute approximate surface area is 89.0 Å². The zero-order valence-corrected chi connectivity index (χ0v) is 9.43. The average Bonchev–Trinajstić information content (AvgIpc) is 2.30. The van der Waals surface area contributed by atoms with Crippen molar-refractivity contribution in [2.24, 2.45) is 0 Å². The van der Waals surface area contributed by atoms with Crippen LogP contribution in [0.4, 0.5) is 0 Å². The van der Waals surface area contributed by atoms with Gasteiger partial charge in [0, 0.05) is 25.0 Å². The molecule has 1 rings (SSSR count). The van der Waals surface area contributed by atoms with Gasteiger partial charge in [0.25, 0.3) is 0 Å². The van der Waals surface area contributed by atoms with E-state index in [1.807, 2.05) is 0 Å². The van der Waals surface area contributed by atoms with Crippen molar-refractivity contribution in [2.75, 3.05) is 13.3 Å². The molecule has 0 aliphatic carbocycles. The maximum absolute atomic E-state index is 11.6. The van der Waals surface area contributed by atoms with E-state index in [9.17, 15) is 14.3 Å². The zero-order valence-electron chi connectivity index (χ0n) is 8.54. The topological polar surface area (TPSA) is 74.6 Å². The van der Waals surface area contributed by atoms with Crippen molar-refractivity contribution in [3.8, 4) is 0 Å². The summed E-state index contributed by atoms with van der Waals surface area (Å²) in [5.74, 6) is 0. The Morgan fingerprint density at radius 2 is 1.80 bits per heavy atom. The van der Waals surface area contributed by atoms with E-state index in [4.69, 9.17) is 5.11 Å². The number of benzene rings is 1. The van der Waals surface area contributed by atoms with E-state index < -0.39 is 7.37 Å². The molecule has 0 radical (unpaired) electrons. The minimum atomic E-state index is -3.29. The van der Waals surface area contributed by atoms with Crippen molar-refractivity contribution in [1.82, 2.24) is 0 Å². The average molecular weight is 230 g/mol. The smallest absolute Gasteiger partial charge is 0.230 e. The van der Waals surface area contributed by atoms with Crippen LogP contribution in [0.1, 0.15) is 6.42 Å². The highest BCUT2D eigenvalue weighted by Gasteiger charge is 2.19. The summed E-state index contributed by atoms with van der Waals surface area (Å²) in [4.78, 5) is 19.6. The number of carbonyl (C=O) groups is 1. The Hall–Kier alpha value is -0.960. The van der Waals surface area contributed by atoms with Crippen molar-refractivity contribution in [3.63, 3.8) is 0 Å². The van der Waals surface area contributed by atoms with Gasteiger partial charge in [-0.25, -0.2) is 0 Å². The molecule has 1 aromatic carbocycles. The summed E-state index contributed by atoms with van der Waals surface area (Å²) >= 11 is 0. The molecule has 1 unspecified atom stereocenters. The van der Waals surface area contributed by atoms with Gasteiger partial charge >= 0.3 is 0 Å². The van der Waals surface area contributed by atoms with E-state index in [1.54, 1.807) is 30.3 Å². The molecule has 1 aromatic rings. The van der Waals surface area contributed by atoms with Crippen LogP contribution in [-0.4, -0.2) is 29.6 Å². The Bertz CT molecular complexity index is 323. The first kappa shape index (κ1) is 14.0. The molecule has 0 heterocycles. The molecule has 0 saturated heterocycles. The predicted octanol–water partition coefficient (Wildman–Crippen LogP) is 0.780. The quantitative estimate of drug-likeness (QED) is 0.592. The maximum atomic E-state index is 11.6. The lowest BCUT2D eigenvalue weighted by Crippen LogP contribution is -2.06. The van der Waals surface area contributed by atoms with Gasteiger partial charge in [0.15, 0.2) is 0 Å². The molecule has 5 heteroatoms. The molecule has 0 bridgehead atoms. The summed E-state index contributed by atoms with van der Waals surface area (Å²) in [5, 5.41) is 7.41. The highest BCUT2D eigenvalue weighted by atomic mass is 31.2. The second-order valence-electron chi connectivity index (χ2n) is 2.72. The Balaban J connectivity index is 0.000000921. The summed E-state index contributed by atoms with van der Waals surface area (Å²) in [6.07, 6.45) is 0.814. The van der Waals surface area contributed by atoms with Crippen LogP contribution in [0.5, 0.6) is 0 Å². The van der Waals surface area contributed by atoms with E-state index in [2.05, 4.69) is 0 Å². The largest absolute Gasteiger partial charge is 0.400 e. The van der Waals surface area contributed by atoms with Crippen molar-refractivity contribution in [3.05, 3.63) is 30.3 Å². The third-order valence-electron chi connectivity index (χ3n) is 1.71. The molecular weight excluding hydrogens is 215 g/mol. The van der Waals surface area contributed by atoms with Crippen molar-refractivity contribution < 1.29 is 19.4 Å². The van der Waals surface area contributed by atoms with E-state index in [1.165, 1.54) is 0 Å². The fraction of sp³-hybridized carbons (Fsp3) is 0.300. The van der Waals surface area contributed by atoms with E-state index >= 15 is 0 Å². The van der Waals surface area contributed by atoms with Gasteiger partial charge in [0.2, 0.25) is 7.37 Å². The predicted molar refractivity (Wildman–Crippen MR) is 59.6 cm³/mol. The van der Waals surface area contributed by atoms with Crippen molar-refractivity contribution >= 4 is 19.0 Å². The number of hydrogen-bond acceptors (Lipinski definition) is 3. The first-order chi connectivity index (χ1) is 7.17. The van der Waals surface area contributed by atoms with Gasteiger partial charge < -0.3 is 14.8 Å². The number of rotatable bonds is 4. The summed E-state index contributed by atoms with van der Waals surface area (Å²) < 4.78 is 11.6. The fourth-order valence-corrected chi connectivity index (χ4v) is 2.37. The molecule has 0 aromatic heterocycles. The minimum Gasteiger partial charge on any atom is -0.400 e. The third-order valence-corrected chi connectivity index (χ3v) is 3.68. The van der Waals surface area contributed by atoms with E-state index in [0.29, 0.717) is 11.6 Å². The number of hydrogen-bond donors (Lipinski definition) is 2. The summed E-state index contributed by atoms with van der Waals surface area (Å²) in [7, 11) is -2.29. The number of carbonyl (C=O) groups excluding carboxylic acids is 1. The lowest BCUT2D eigenvalue weighted by Gasteiger charge is -2.08. The lowest BCUT2D eigenvalue weighted by atomic mass is 10.4. The summed E-state index contributed by atoms with van der Waals surface area (Å²) in [6.45, 7) is 0. The Morgan fingerprint density at radius 1 is 1.27 bits per heavy atom. The van der Waals surface area contributed by atoms with Crippen LogP contribution in [0.15, 0.2) is 30.3 Å². The number of aliphatic hydroxyl groups excluding tert-OH is 1. The molecule has 0 amide bonds. The summed E-state index contributed by atoms with van der Waals surface area (Å²) in [6, 6.07) is 8.40. The van der Waals surface area contributed by atoms with Gasteiger partial charge in [-0.3, -0.25) is 4.57 Å². The van der Waals surface area contributed by atoms with Crippen molar-refractivity contribution in [2.45, 2.75) is 6.42 Å². The molecular formula is C10H15O4P. The zero-order chi connectivity index (χ0) is 11.7. The van der Waals surface area contributed by atoms with Crippen LogP contribution in [-0.2, 0) is 9.36 Å². The third kappa shape index (κ3) is 4.88. The number of aliphatic hydroxyl groups is 1. The van der Waals surface area contributed by atoms with Crippen molar-refractivity contribution in [1.29, 1.82) is 0 Å². The lowest BCUT2D eigenvalue weighted by molar-refractivity contribution is -0.107. The molecule has 0 aliphatic rings. The Kier molecular flexibility index (Phi) is 6.88. The Morgan fingerprint density at radius 3 is 2.27 bits per heavy atom. The van der Waals surface area contributed by atoms with Crippen LogP contribution in [0.3, 0.4) is 0 Å². The molecule has 2 N–H and O–H groups in total. The number of aldehydes is 1. The van der Waals surface area contributed by atoms with Crippen LogP contribution in [0, 0.1) is 0 Å². The molecule has 84 valence electrons. The molecule has 0 fully saturated rings. The van der Waals surface area contributed by atoms with Crippen LogP contribution >= 0.6 is 7.37 Å². The van der Waals surface area contributed by atoms with Gasteiger partial charge in [0.05, 0.1) is 0 Å². The van der Waals surface area contributed by atoms with Gasteiger partial charge in [-0.05, 0) is 12.1 Å². The van der Waals surface area contributed by atoms with Crippen LogP contribution < -0.4 is 5.30 Å². The monoisotopic (exact) mass is 230 g/mol. The van der Waals surface area contributed by atoms with E-state index in [0.717, 1.165) is 7.11 Å². The molecule has 0 aliphatic heterocycles. The second kappa shape index (κ2) is 7.35. The SMILES string of the molecule is CO.O=CCCP(=O)(O)c1ccccc1. The first-order valence-corrected chi connectivity index (χ1v) is 6.27. The molecule has 15 heavy (non-hydrogen) atoms. The van der Waals surface area contributed by atoms with Crippen LogP contribution in [0.2, 0.25) is 0 Å². The molecule has 1 atom stereocenters. The maximum Gasteiger partial charge on any atom is 0.230 e. The molecule has 0 spiro atoms. The minimum absolute atomic E-state index is 0.0283. The van der Waals surface area contributed by atoms with Crippen LogP contribution in [0.25, 0.3) is 0 Å². The van der Waals surface area contributed by atoms with Gasteiger partial charge in [-0.2, -0.15) is 0 Å². The highest BCUT2D eigenvalue weighted by molar-refractivity contribution is 7.66. The highest BCUT2D eigenvalue weighted by Crippen LogP contribution is 2.39. The normalized spacial score (nSPS) is 13.3. The van der Waals surface area contributed by atoms with Gasteiger partial charge in [-0.15, -0.1) is 0 Å². The molecule has 0 saturated carbocycles. The van der Waals surface area contributed by atoms with E-state index in [-0.39, 0.29) is 12.6 Å².